The van der Waals surface area contributed by atoms with Gasteiger partial charge >= 0.3 is 0 Å². The molecule has 0 aliphatic heterocycles. The average Bonchev–Trinajstić information content (AvgIpc) is 0.833. The van der Waals surface area contributed by atoms with E-state index in [1.54, 1.807) is 0 Å². The van der Waals surface area contributed by atoms with Crippen LogP contribution < -0.4 is 79.8 Å². The maximum atomic E-state index is 4.56. The fraction of sp³-hybridized carbons (Fsp3) is 0.0708. The lowest BCUT2D eigenvalue weighted by molar-refractivity contribution is 1.06. The minimum Gasteiger partial charge on any atom is -0.324 e. The van der Waals surface area contributed by atoms with E-state index in [1.165, 1.54) is 11.1 Å². The Bertz CT molecular complexity index is 7140. The molecule has 0 radical (unpaired) electrons. The summed E-state index contributed by atoms with van der Waals surface area (Å²) in [5.74, 6) is 6.86. The van der Waals surface area contributed by atoms with Gasteiger partial charge in [-0.05, 0) is 246 Å². The van der Waals surface area contributed by atoms with Crippen LogP contribution in [0.1, 0.15) is 44.5 Å². The molecule has 0 aliphatic carbocycles. The zero-order valence-electron chi connectivity index (χ0n) is 79.9. The summed E-state index contributed by atoms with van der Waals surface area (Å²) in [6.07, 6.45) is 0. The van der Waals surface area contributed by atoms with Crippen LogP contribution in [0.25, 0.3) is 0 Å². The van der Waals surface area contributed by atoms with Crippen molar-refractivity contribution in [1.82, 2.24) is 74.8 Å². The molecule has 0 saturated carbocycles. The largest absolute Gasteiger partial charge is 0.324 e. The van der Waals surface area contributed by atoms with E-state index in [0.717, 1.165) is 119 Å². The van der Waals surface area contributed by atoms with E-state index in [2.05, 4.69) is 226 Å². The second-order valence-corrected chi connectivity index (χ2v) is 32.6. The summed E-state index contributed by atoms with van der Waals surface area (Å²) >= 11 is 0. The molecule has 30 heteroatoms. The summed E-state index contributed by atoms with van der Waals surface area (Å²) in [6, 6.07) is 133. The number of hydrogen-bond donors (Lipinski definition) is 15. The molecule has 15 aromatic carbocycles. The third-order valence-electron chi connectivity index (χ3n) is 21.3. The molecule has 5 heterocycles. The fourth-order valence-electron chi connectivity index (χ4n) is 14.1. The van der Waals surface area contributed by atoms with Crippen LogP contribution in [0.2, 0.25) is 0 Å². The summed E-state index contributed by atoms with van der Waals surface area (Å²) in [6.45, 7) is 16.5. The number of para-hydroxylation sites is 12. The van der Waals surface area contributed by atoms with Crippen molar-refractivity contribution in [3.8, 4) is 0 Å². The number of benzene rings is 15. The van der Waals surface area contributed by atoms with Gasteiger partial charge in [0.2, 0.25) is 89.2 Å². The summed E-state index contributed by atoms with van der Waals surface area (Å²) in [4.78, 5) is 68.0. The molecule has 20 aromatic rings. The molecule has 5 aromatic heterocycles. The molecule has 0 aliphatic rings. The Balaban J connectivity index is 0.000000128. The van der Waals surface area contributed by atoms with E-state index < -0.39 is 0 Å². The normalized spacial score (nSPS) is 10.4. The van der Waals surface area contributed by atoms with Crippen LogP contribution in [-0.4, -0.2) is 74.8 Å². The highest BCUT2D eigenvalue weighted by atomic mass is 15.3. The first-order valence-electron chi connectivity index (χ1n) is 46.2. The highest BCUT2D eigenvalue weighted by molar-refractivity contribution is 5.72. The van der Waals surface area contributed by atoms with Crippen molar-refractivity contribution in [3.63, 3.8) is 0 Å². The first-order valence-corrected chi connectivity index (χ1v) is 46.2. The van der Waals surface area contributed by atoms with Crippen molar-refractivity contribution in [2.45, 2.75) is 55.4 Å². The van der Waals surface area contributed by atoms with Gasteiger partial charge in [0.25, 0.3) is 0 Å². The van der Waals surface area contributed by atoms with Crippen molar-refractivity contribution in [1.29, 1.82) is 0 Å². The minimum atomic E-state index is 0.454. The summed E-state index contributed by atoms with van der Waals surface area (Å²) < 4.78 is 0. The zero-order valence-corrected chi connectivity index (χ0v) is 79.9. The molecular formula is C113H106N30. The molecule has 0 unspecified atom stereocenters. The predicted octanol–water partition coefficient (Wildman–Crippen LogP) is 28.0. The van der Waals surface area contributed by atoms with Crippen molar-refractivity contribution in [2.24, 2.45) is 0 Å². The van der Waals surface area contributed by atoms with Gasteiger partial charge in [-0.25, -0.2) is 0 Å². The van der Waals surface area contributed by atoms with Crippen LogP contribution in [0, 0.1) is 55.4 Å². The van der Waals surface area contributed by atoms with Gasteiger partial charge in [-0.3, -0.25) is 0 Å². The van der Waals surface area contributed by atoms with Crippen molar-refractivity contribution < 1.29 is 0 Å². The number of nitrogens with one attached hydrogen (secondary N) is 15. The lowest BCUT2D eigenvalue weighted by Crippen LogP contribution is -2.08. The molecule has 0 saturated heterocycles. The molecule has 20 rings (SSSR count). The van der Waals surface area contributed by atoms with E-state index in [-0.39, 0.29) is 0 Å². The maximum absolute atomic E-state index is 4.56. The molecule has 143 heavy (non-hydrogen) atoms. The van der Waals surface area contributed by atoms with Gasteiger partial charge in [-0.15, -0.1) is 0 Å². The highest BCUT2D eigenvalue weighted by Gasteiger charge is 2.18. The number of rotatable bonds is 30. The third-order valence-corrected chi connectivity index (χ3v) is 21.3. The van der Waals surface area contributed by atoms with Crippen LogP contribution in [0.15, 0.2) is 406 Å². The SMILES string of the molecule is Cc1ccc(Nc2nc(Nc3ccccc3)nc(Nc3ccccc3)n2)c(C)c1.Cc1cccc(C)c1Nc1nc(Nc2ccccc2)nc(Nc2ccccc2)n1.Cc1cccc(Nc2nc(Nc3ccccc3)nc(Nc3ccccc3)n2)c1.Cc1cccc(Nc2nc(Nc3ccccc3)nc(Nc3ccccc3)n2)c1C.Cc1ccccc1Nc1nc(Nc2ccccc2)nc(Nc2ccccc2)n1. The Morgan fingerprint density at radius 3 is 0.580 bits per heavy atom. The summed E-state index contributed by atoms with van der Waals surface area (Å²) in [5.41, 5.74) is 23.0. The summed E-state index contributed by atoms with van der Waals surface area (Å²) in [7, 11) is 0. The van der Waals surface area contributed by atoms with Crippen molar-refractivity contribution in [2.75, 3.05) is 79.8 Å². The number of nitrogens with zero attached hydrogens (tertiary/aromatic N) is 15. The van der Waals surface area contributed by atoms with Gasteiger partial charge in [0.15, 0.2) is 0 Å². The molecule has 0 bridgehead atoms. The van der Waals surface area contributed by atoms with Gasteiger partial charge < -0.3 is 79.8 Å². The lowest BCUT2D eigenvalue weighted by Gasteiger charge is -2.14. The molecule has 708 valence electrons. The Morgan fingerprint density at radius 1 is 0.126 bits per heavy atom. The van der Waals surface area contributed by atoms with E-state index in [9.17, 15) is 0 Å². The third kappa shape index (κ3) is 30.2. The van der Waals surface area contributed by atoms with Crippen molar-refractivity contribution in [3.05, 3.63) is 451 Å². The van der Waals surface area contributed by atoms with Crippen LogP contribution >= 0.6 is 0 Å². The minimum absolute atomic E-state index is 0.454. The van der Waals surface area contributed by atoms with Gasteiger partial charge in [0.05, 0.1) is 0 Å². The molecular weight excluding hydrogens is 1780 g/mol. The second kappa shape index (κ2) is 49.2. The lowest BCUT2D eigenvalue weighted by atomic mass is 10.1. The van der Waals surface area contributed by atoms with E-state index in [0.29, 0.717) is 89.2 Å². The molecule has 30 nitrogen and oxygen atoms in total. The molecule has 15 N–H and O–H groups in total. The molecule has 0 amide bonds. The summed E-state index contributed by atoms with van der Waals surface area (Å²) in [5, 5.41) is 48.9. The Kier molecular flexibility index (Phi) is 33.2. The van der Waals surface area contributed by atoms with Gasteiger partial charge in [-0.1, -0.05) is 260 Å². The van der Waals surface area contributed by atoms with Crippen LogP contribution in [0.4, 0.5) is 175 Å². The van der Waals surface area contributed by atoms with Gasteiger partial charge in [0.1, 0.15) is 0 Å². The Labute approximate surface area is 830 Å². The smallest absolute Gasteiger partial charge is 0.233 e. The Hall–Kier alpha value is -19.7. The average molecular weight is 1880 g/mol. The standard InChI is InChI=1S/3C23H22N6.2C22H20N6/c1-16-10-9-11-17(2)20(16)26-23-28-21(24-18-12-5-3-6-13-18)27-22(29-23)25-19-14-7-4-8-15-19;1-16-10-9-15-20(17(16)2)26-23-28-21(24-18-11-5-3-6-12-18)27-22(29-23)25-19-13-7-4-8-14-19;1-16-13-14-20(17(2)15-16)26-23-28-21(24-18-9-5-3-6-10-18)27-22(29-23)25-19-11-7-4-8-12-19;1-16-10-8-9-15-19(16)25-22-27-20(23-17-11-4-2-5-12-17)26-21(28-22)24-18-13-6-3-7-14-18;1-16-9-8-14-19(15-16)25-22-27-20(23-17-10-4-2-5-11-17)26-21(28-22)24-18-12-6-3-7-13-18/h3*3-15H,1-2H3,(H3,24,25,26,27,28,29);2*2-15H,1H3,(H3,23,24,25,26,27,28). The second-order valence-electron chi connectivity index (χ2n) is 32.6. The van der Waals surface area contributed by atoms with E-state index in [1.807, 2.05) is 390 Å². The van der Waals surface area contributed by atoms with Crippen molar-refractivity contribution >= 4 is 175 Å². The molecule has 0 fully saturated rings. The number of anilines is 30. The topological polar surface area (TPSA) is 374 Å². The first kappa shape index (κ1) is 96.5. The van der Waals surface area contributed by atoms with Crippen LogP contribution in [0.3, 0.4) is 0 Å². The van der Waals surface area contributed by atoms with Gasteiger partial charge in [-0.2, -0.15) is 74.8 Å². The zero-order chi connectivity index (χ0) is 98.5. The van der Waals surface area contributed by atoms with E-state index >= 15 is 0 Å². The number of aryl methyl sites for hydroxylation is 7. The highest BCUT2D eigenvalue weighted by Crippen LogP contribution is 2.32. The predicted molar refractivity (Wildman–Crippen MR) is 583 cm³/mol. The van der Waals surface area contributed by atoms with Crippen LogP contribution in [0.5, 0.6) is 0 Å². The molecule has 0 atom stereocenters. The number of hydrogen-bond acceptors (Lipinski definition) is 30. The Morgan fingerprint density at radius 2 is 0.315 bits per heavy atom. The monoisotopic (exact) mass is 1880 g/mol. The number of aromatic nitrogens is 15. The van der Waals surface area contributed by atoms with E-state index in [4.69, 9.17) is 0 Å². The fourth-order valence-corrected chi connectivity index (χ4v) is 14.1. The quantitative estimate of drug-likeness (QED) is 0.0199. The first-order chi connectivity index (χ1) is 70.0. The maximum Gasteiger partial charge on any atom is 0.233 e. The van der Waals surface area contributed by atoms with Gasteiger partial charge in [0, 0.05) is 85.3 Å². The van der Waals surface area contributed by atoms with Crippen LogP contribution in [-0.2, 0) is 0 Å². The molecule has 0 spiro atoms.